The predicted molar refractivity (Wildman–Crippen MR) is 116 cm³/mol. The average molecular weight is 445 g/mol. The first kappa shape index (κ1) is 19.9. The molecule has 1 aromatic carbocycles. The van der Waals surface area contributed by atoms with Crippen LogP contribution in [0.25, 0.3) is 20.7 Å². The fourth-order valence-corrected chi connectivity index (χ4v) is 5.41. The van der Waals surface area contributed by atoms with Gasteiger partial charge in [0.1, 0.15) is 16.2 Å². The predicted octanol–water partition coefficient (Wildman–Crippen LogP) is 3.26. The zero-order chi connectivity index (χ0) is 20.2. The lowest BCUT2D eigenvalue weighted by Crippen LogP contribution is -2.38. The summed E-state index contributed by atoms with van der Waals surface area (Å²) in [7, 11) is 0. The Morgan fingerprint density at radius 2 is 2.03 bits per heavy atom. The van der Waals surface area contributed by atoms with E-state index in [0.717, 1.165) is 37.4 Å². The molecule has 0 atom stereocenters. The first-order valence-electron chi connectivity index (χ1n) is 8.78. The molecule has 3 heterocycles. The molecule has 1 aliphatic rings. The average Bonchev–Trinajstić information content (AvgIpc) is 3.31. The maximum Gasteiger partial charge on any atom is 0.288 e. The van der Waals surface area contributed by atoms with Gasteiger partial charge in [0.25, 0.3) is 5.24 Å². The summed E-state index contributed by atoms with van der Waals surface area (Å²) < 4.78 is 0. The molecule has 1 saturated heterocycles. The van der Waals surface area contributed by atoms with Crippen molar-refractivity contribution in [2.24, 2.45) is 0 Å². The summed E-state index contributed by atoms with van der Waals surface area (Å²) in [5.41, 5.74) is 1.12. The van der Waals surface area contributed by atoms with Crippen molar-refractivity contribution >= 4 is 62.1 Å². The third-order valence-electron chi connectivity index (χ3n) is 4.19. The molecule has 0 bridgehead atoms. The van der Waals surface area contributed by atoms with E-state index >= 15 is 0 Å². The number of imide groups is 1. The molecule has 3 aromatic rings. The lowest BCUT2D eigenvalue weighted by Gasteiger charge is -2.12. The van der Waals surface area contributed by atoms with Crippen LogP contribution in [0, 0.1) is 0 Å². The summed E-state index contributed by atoms with van der Waals surface area (Å²) in [6.07, 6.45) is 1.51. The van der Waals surface area contributed by atoms with E-state index in [4.69, 9.17) is 0 Å². The van der Waals surface area contributed by atoms with E-state index in [1.54, 1.807) is 11.3 Å². The van der Waals surface area contributed by atoms with Crippen LogP contribution in [0.2, 0.25) is 0 Å². The van der Waals surface area contributed by atoms with Gasteiger partial charge in [0.05, 0.1) is 11.5 Å². The first-order valence-corrected chi connectivity index (χ1v) is 11.6. The van der Waals surface area contributed by atoms with Crippen molar-refractivity contribution in [2.75, 3.05) is 24.6 Å². The molecule has 0 aliphatic carbocycles. The van der Waals surface area contributed by atoms with Gasteiger partial charge in [0.15, 0.2) is 0 Å². The molecule has 3 amide bonds. The van der Waals surface area contributed by atoms with Crippen LogP contribution in [0.5, 0.6) is 0 Å². The number of benzene rings is 1. The molecule has 1 N–H and O–H groups in total. The van der Waals surface area contributed by atoms with E-state index in [0.29, 0.717) is 0 Å². The van der Waals surface area contributed by atoms with E-state index in [9.17, 15) is 14.4 Å². The number of hydrogen-bond donors (Lipinski definition) is 1. The van der Waals surface area contributed by atoms with E-state index < -0.39 is 0 Å². The Balaban J connectivity index is 1.35. The van der Waals surface area contributed by atoms with Crippen LogP contribution < -0.4 is 5.32 Å². The normalized spacial score (nSPS) is 14.0. The number of aromatic nitrogens is 2. The molecule has 0 spiro atoms. The summed E-state index contributed by atoms with van der Waals surface area (Å²) in [5.74, 6) is -0.0114. The van der Waals surface area contributed by atoms with Gasteiger partial charge in [-0.25, -0.2) is 9.97 Å². The minimum atomic E-state index is -0.256. The Hall–Kier alpha value is -2.43. The van der Waals surface area contributed by atoms with Crippen LogP contribution in [0.3, 0.4) is 0 Å². The van der Waals surface area contributed by atoms with Gasteiger partial charge in [0, 0.05) is 23.4 Å². The lowest BCUT2D eigenvalue weighted by atomic mass is 10.2. The van der Waals surface area contributed by atoms with Crippen molar-refractivity contribution in [2.45, 2.75) is 5.03 Å². The van der Waals surface area contributed by atoms with Crippen molar-refractivity contribution < 1.29 is 14.4 Å². The van der Waals surface area contributed by atoms with Gasteiger partial charge < -0.3 is 5.32 Å². The summed E-state index contributed by atoms with van der Waals surface area (Å²) in [4.78, 5) is 47.1. The number of carbonyl (C=O) groups is 3. The molecule has 0 unspecified atom stereocenters. The molecular formula is C19H16N4O3S3. The first-order chi connectivity index (χ1) is 14.1. The molecule has 0 saturated carbocycles. The van der Waals surface area contributed by atoms with Gasteiger partial charge in [-0.05, 0) is 11.6 Å². The molecular weight excluding hydrogens is 428 g/mol. The number of rotatable bonds is 7. The second-order valence-corrected chi connectivity index (χ2v) is 9.03. The second-order valence-electron chi connectivity index (χ2n) is 6.11. The second kappa shape index (κ2) is 8.93. The van der Waals surface area contributed by atoms with E-state index in [-0.39, 0.29) is 41.6 Å². The molecule has 4 rings (SSSR count). The van der Waals surface area contributed by atoms with Crippen molar-refractivity contribution in [1.82, 2.24) is 20.2 Å². The fourth-order valence-electron chi connectivity index (χ4n) is 2.78. The van der Waals surface area contributed by atoms with E-state index in [1.165, 1.54) is 23.0 Å². The van der Waals surface area contributed by atoms with Crippen molar-refractivity contribution in [1.29, 1.82) is 0 Å². The monoisotopic (exact) mass is 444 g/mol. The van der Waals surface area contributed by atoms with Gasteiger partial charge in [-0.2, -0.15) is 0 Å². The van der Waals surface area contributed by atoms with Crippen LogP contribution in [-0.4, -0.2) is 56.5 Å². The van der Waals surface area contributed by atoms with Gasteiger partial charge in [-0.15, -0.1) is 11.3 Å². The highest BCUT2D eigenvalue weighted by Gasteiger charge is 2.29. The maximum absolute atomic E-state index is 12.1. The summed E-state index contributed by atoms with van der Waals surface area (Å²) in [6.45, 7) is 0.441. The van der Waals surface area contributed by atoms with Gasteiger partial charge >= 0.3 is 0 Å². The highest BCUT2D eigenvalue weighted by molar-refractivity contribution is 8.14. The highest BCUT2D eigenvalue weighted by Crippen LogP contribution is 2.35. The Labute approximate surface area is 179 Å². The third kappa shape index (κ3) is 4.60. The SMILES string of the molecule is O=C(CSc1ncnc2sc(-c3ccccc3)cc12)NCCN1C(=O)CSC1=O. The Morgan fingerprint density at radius 3 is 2.79 bits per heavy atom. The van der Waals surface area contributed by atoms with Crippen molar-refractivity contribution in [3.05, 3.63) is 42.7 Å². The van der Waals surface area contributed by atoms with Crippen molar-refractivity contribution in [3.63, 3.8) is 0 Å². The van der Waals surface area contributed by atoms with Crippen LogP contribution >= 0.6 is 34.9 Å². The summed E-state index contributed by atoms with van der Waals surface area (Å²) >= 11 is 3.92. The number of hydrogen-bond acceptors (Lipinski definition) is 8. The van der Waals surface area contributed by atoms with Crippen molar-refractivity contribution in [3.8, 4) is 10.4 Å². The number of amides is 3. The number of nitrogens with one attached hydrogen (secondary N) is 1. The van der Waals surface area contributed by atoms with Crippen LogP contribution in [0.1, 0.15) is 0 Å². The minimum absolute atomic E-state index is 0.174. The minimum Gasteiger partial charge on any atom is -0.354 e. The Bertz CT molecular complexity index is 1060. The summed E-state index contributed by atoms with van der Waals surface area (Å²) in [5, 5.41) is 4.17. The zero-order valence-electron chi connectivity index (χ0n) is 15.2. The molecule has 7 nitrogen and oxygen atoms in total. The Kier molecular flexibility index (Phi) is 6.12. The molecule has 0 radical (unpaired) electrons. The molecule has 148 valence electrons. The zero-order valence-corrected chi connectivity index (χ0v) is 17.6. The molecule has 1 fully saturated rings. The number of thiophene rings is 1. The van der Waals surface area contributed by atoms with Gasteiger partial charge in [0.2, 0.25) is 11.8 Å². The smallest absolute Gasteiger partial charge is 0.288 e. The van der Waals surface area contributed by atoms with Crippen LogP contribution in [-0.2, 0) is 9.59 Å². The number of fused-ring (bicyclic) bond motifs is 1. The number of nitrogens with zero attached hydrogens (tertiary/aromatic N) is 3. The van der Waals surface area contributed by atoms with E-state index in [1.807, 2.05) is 30.3 Å². The van der Waals surface area contributed by atoms with Gasteiger partial charge in [-0.3, -0.25) is 19.3 Å². The lowest BCUT2D eigenvalue weighted by molar-refractivity contribution is -0.125. The third-order valence-corrected chi connectivity index (χ3v) is 7.15. The van der Waals surface area contributed by atoms with Crippen LogP contribution in [0.4, 0.5) is 4.79 Å². The molecule has 2 aromatic heterocycles. The number of carbonyl (C=O) groups excluding carboxylic acids is 3. The van der Waals surface area contributed by atoms with Gasteiger partial charge in [-0.1, -0.05) is 53.9 Å². The Morgan fingerprint density at radius 1 is 1.21 bits per heavy atom. The standard InChI is InChI=1S/C19H16N4O3S3/c24-15(20-6-7-23-16(25)10-28-19(23)26)9-27-17-13-8-14(12-4-2-1-3-5-12)29-18(13)22-11-21-17/h1-5,8,11H,6-7,9-10H2,(H,20,24). The highest BCUT2D eigenvalue weighted by atomic mass is 32.2. The quantitative estimate of drug-likeness (QED) is 0.442. The molecule has 1 aliphatic heterocycles. The van der Waals surface area contributed by atoms with E-state index in [2.05, 4.69) is 21.4 Å². The summed E-state index contributed by atoms with van der Waals surface area (Å²) in [6, 6.07) is 12.1. The topological polar surface area (TPSA) is 92.3 Å². The fraction of sp³-hybridized carbons (Fsp3) is 0.211. The molecule has 10 heteroatoms. The number of thioether (sulfide) groups is 2. The van der Waals surface area contributed by atoms with Crippen LogP contribution in [0.15, 0.2) is 47.8 Å². The molecule has 29 heavy (non-hydrogen) atoms. The maximum atomic E-state index is 12.1. The largest absolute Gasteiger partial charge is 0.354 e.